The molecule has 1 aromatic carbocycles. The van der Waals surface area contributed by atoms with Crippen LogP contribution in [0.1, 0.15) is 31.9 Å². The Morgan fingerprint density at radius 2 is 1.56 bits per heavy atom. The number of fused-ring (bicyclic) bond motifs is 1. The van der Waals surface area contributed by atoms with Crippen molar-refractivity contribution in [2.24, 2.45) is 5.92 Å². The van der Waals surface area contributed by atoms with Crippen molar-refractivity contribution < 1.29 is 23.8 Å². The average molecular weight is 475 g/mol. The SMILES string of the molecule is CC(C)[C@H](NCC(=O)N1CCN(CC(=O)N2CCOCC2)CC1)c1ccc2c(c1)OCCCO2. The summed E-state index contributed by atoms with van der Waals surface area (Å²) in [6.07, 6.45) is 0.874. The second-order valence-corrected chi connectivity index (χ2v) is 9.51. The van der Waals surface area contributed by atoms with Gasteiger partial charge in [-0.15, -0.1) is 0 Å². The Labute approximate surface area is 202 Å². The van der Waals surface area contributed by atoms with Gasteiger partial charge in [-0.2, -0.15) is 0 Å². The van der Waals surface area contributed by atoms with Crippen LogP contribution < -0.4 is 14.8 Å². The van der Waals surface area contributed by atoms with Crippen LogP contribution in [-0.2, 0) is 14.3 Å². The van der Waals surface area contributed by atoms with Crippen molar-refractivity contribution in [3.05, 3.63) is 23.8 Å². The quantitative estimate of drug-likeness (QED) is 0.635. The van der Waals surface area contributed by atoms with E-state index in [9.17, 15) is 9.59 Å². The van der Waals surface area contributed by atoms with Crippen molar-refractivity contribution in [3.63, 3.8) is 0 Å². The van der Waals surface area contributed by atoms with Gasteiger partial charge in [-0.1, -0.05) is 19.9 Å². The van der Waals surface area contributed by atoms with Gasteiger partial charge in [-0.25, -0.2) is 0 Å². The summed E-state index contributed by atoms with van der Waals surface area (Å²) in [5.41, 5.74) is 1.10. The van der Waals surface area contributed by atoms with Crippen LogP contribution in [0.2, 0.25) is 0 Å². The number of carbonyl (C=O) groups excluding carboxylic acids is 2. The fourth-order valence-corrected chi connectivity index (χ4v) is 4.68. The number of rotatable bonds is 7. The van der Waals surface area contributed by atoms with Crippen LogP contribution in [0.4, 0.5) is 0 Å². The highest BCUT2D eigenvalue weighted by molar-refractivity contribution is 5.79. The minimum Gasteiger partial charge on any atom is -0.490 e. The lowest BCUT2D eigenvalue weighted by Gasteiger charge is -2.36. The van der Waals surface area contributed by atoms with Crippen LogP contribution in [0.15, 0.2) is 18.2 Å². The van der Waals surface area contributed by atoms with Gasteiger partial charge in [0.2, 0.25) is 11.8 Å². The van der Waals surface area contributed by atoms with Gasteiger partial charge in [0.15, 0.2) is 11.5 Å². The van der Waals surface area contributed by atoms with Crippen molar-refractivity contribution in [2.75, 3.05) is 78.8 Å². The van der Waals surface area contributed by atoms with Crippen molar-refractivity contribution in [2.45, 2.75) is 26.3 Å². The number of nitrogens with zero attached hydrogens (tertiary/aromatic N) is 3. The zero-order chi connectivity index (χ0) is 23.9. The maximum atomic E-state index is 12.9. The molecule has 188 valence electrons. The van der Waals surface area contributed by atoms with Gasteiger partial charge in [0, 0.05) is 51.7 Å². The lowest BCUT2D eigenvalue weighted by molar-refractivity contribution is -0.137. The highest BCUT2D eigenvalue weighted by Crippen LogP contribution is 2.34. The van der Waals surface area contributed by atoms with Crippen LogP contribution >= 0.6 is 0 Å². The summed E-state index contributed by atoms with van der Waals surface area (Å²) in [7, 11) is 0. The number of piperazine rings is 1. The van der Waals surface area contributed by atoms with Crippen molar-refractivity contribution in [1.82, 2.24) is 20.0 Å². The lowest BCUT2D eigenvalue weighted by Crippen LogP contribution is -2.54. The molecule has 0 saturated carbocycles. The van der Waals surface area contributed by atoms with Gasteiger partial charge in [0.05, 0.1) is 39.5 Å². The third-order valence-electron chi connectivity index (χ3n) is 6.72. The molecule has 2 saturated heterocycles. The van der Waals surface area contributed by atoms with Crippen molar-refractivity contribution in [3.8, 4) is 11.5 Å². The summed E-state index contributed by atoms with van der Waals surface area (Å²) in [5, 5.41) is 3.47. The molecule has 0 spiro atoms. The number of nitrogens with one attached hydrogen (secondary N) is 1. The fourth-order valence-electron chi connectivity index (χ4n) is 4.68. The highest BCUT2D eigenvalue weighted by atomic mass is 16.5. The Morgan fingerprint density at radius 1 is 0.882 bits per heavy atom. The Balaban J connectivity index is 1.25. The predicted octanol–water partition coefficient (Wildman–Crippen LogP) is 1.14. The number of amides is 2. The summed E-state index contributed by atoms with van der Waals surface area (Å²) >= 11 is 0. The van der Waals surface area contributed by atoms with Crippen LogP contribution in [0.5, 0.6) is 11.5 Å². The molecule has 0 radical (unpaired) electrons. The Morgan fingerprint density at radius 3 is 2.26 bits per heavy atom. The minimum absolute atomic E-state index is 0.0357. The van der Waals surface area contributed by atoms with Gasteiger partial charge in [0.1, 0.15) is 0 Å². The number of hydrogen-bond acceptors (Lipinski definition) is 7. The van der Waals surface area contributed by atoms with E-state index in [4.69, 9.17) is 14.2 Å². The monoisotopic (exact) mass is 474 g/mol. The molecule has 0 unspecified atom stereocenters. The summed E-state index contributed by atoms with van der Waals surface area (Å²) in [4.78, 5) is 31.3. The average Bonchev–Trinajstić information content (AvgIpc) is 3.10. The number of carbonyl (C=O) groups is 2. The zero-order valence-corrected chi connectivity index (χ0v) is 20.5. The first-order valence-electron chi connectivity index (χ1n) is 12.5. The molecule has 1 N–H and O–H groups in total. The molecule has 3 aliphatic heterocycles. The first kappa shape index (κ1) is 24.8. The number of morpholine rings is 1. The normalized spacial score (nSPS) is 20.2. The number of benzene rings is 1. The Kier molecular flexibility index (Phi) is 8.64. The summed E-state index contributed by atoms with van der Waals surface area (Å²) in [5.74, 6) is 2.11. The van der Waals surface area contributed by atoms with E-state index in [2.05, 4.69) is 30.1 Å². The molecule has 3 aliphatic rings. The van der Waals surface area contributed by atoms with E-state index in [0.717, 1.165) is 36.6 Å². The van der Waals surface area contributed by atoms with E-state index < -0.39 is 0 Å². The van der Waals surface area contributed by atoms with Crippen LogP contribution in [0.3, 0.4) is 0 Å². The van der Waals surface area contributed by atoms with Crippen LogP contribution in [-0.4, -0.2) is 105 Å². The molecule has 34 heavy (non-hydrogen) atoms. The van der Waals surface area contributed by atoms with Crippen LogP contribution in [0.25, 0.3) is 0 Å². The van der Waals surface area contributed by atoms with Gasteiger partial charge in [-0.05, 0) is 23.6 Å². The second kappa shape index (κ2) is 11.9. The van der Waals surface area contributed by atoms with E-state index in [1.165, 1.54) is 0 Å². The summed E-state index contributed by atoms with van der Waals surface area (Å²) in [6, 6.07) is 6.09. The molecule has 9 nitrogen and oxygen atoms in total. The van der Waals surface area contributed by atoms with E-state index in [0.29, 0.717) is 65.1 Å². The second-order valence-electron chi connectivity index (χ2n) is 9.51. The van der Waals surface area contributed by atoms with E-state index >= 15 is 0 Å². The molecule has 0 bridgehead atoms. The molecule has 2 fully saturated rings. The zero-order valence-electron chi connectivity index (χ0n) is 20.5. The topological polar surface area (TPSA) is 83.6 Å². The van der Waals surface area contributed by atoms with E-state index in [-0.39, 0.29) is 24.4 Å². The van der Waals surface area contributed by atoms with Gasteiger partial charge < -0.3 is 29.3 Å². The van der Waals surface area contributed by atoms with E-state index in [1.807, 2.05) is 21.9 Å². The highest BCUT2D eigenvalue weighted by Gasteiger charge is 2.26. The molecular weight excluding hydrogens is 436 g/mol. The molecular formula is C25H38N4O5. The van der Waals surface area contributed by atoms with Gasteiger partial charge in [0.25, 0.3) is 0 Å². The lowest BCUT2D eigenvalue weighted by atomic mass is 9.95. The first-order chi connectivity index (χ1) is 16.5. The predicted molar refractivity (Wildman–Crippen MR) is 128 cm³/mol. The van der Waals surface area contributed by atoms with Crippen molar-refractivity contribution >= 4 is 11.8 Å². The molecule has 0 aliphatic carbocycles. The third-order valence-corrected chi connectivity index (χ3v) is 6.72. The fraction of sp³-hybridized carbons (Fsp3) is 0.680. The van der Waals surface area contributed by atoms with Crippen LogP contribution in [0, 0.1) is 5.92 Å². The molecule has 1 aromatic rings. The third kappa shape index (κ3) is 6.40. The Hall–Kier alpha value is -2.36. The molecule has 4 rings (SSSR count). The maximum Gasteiger partial charge on any atom is 0.236 e. The smallest absolute Gasteiger partial charge is 0.236 e. The number of hydrogen-bond donors (Lipinski definition) is 1. The molecule has 3 heterocycles. The van der Waals surface area contributed by atoms with Gasteiger partial charge >= 0.3 is 0 Å². The molecule has 0 aromatic heterocycles. The standard InChI is InChI=1S/C25H38N4O5/c1-19(2)25(20-4-5-21-22(16-20)34-13-3-12-33-21)26-17-23(30)28-8-6-27(7-9-28)18-24(31)29-10-14-32-15-11-29/h4-5,16,19,25-26H,3,6-15,17-18H2,1-2H3/t25-/m0/s1. The molecule has 1 atom stereocenters. The number of ether oxygens (including phenoxy) is 3. The molecule has 9 heteroatoms. The largest absolute Gasteiger partial charge is 0.490 e. The van der Waals surface area contributed by atoms with Gasteiger partial charge in [-0.3, -0.25) is 14.5 Å². The van der Waals surface area contributed by atoms with Crippen molar-refractivity contribution in [1.29, 1.82) is 0 Å². The summed E-state index contributed by atoms with van der Waals surface area (Å²) < 4.78 is 16.9. The first-order valence-corrected chi connectivity index (χ1v) is 12.5. The van der Waals surface area contributed by atoms with E-state index in [1.54, 1.807) is 0 Å². The maximum absolute atomic E-state index is 12.9. The Bertz CT molecular complexity index is 835. The summed E-state index contributed by atoms with van der Waals surface area (Å²) in [6.45, 7) is 11.6. The minimum atomic E-state index is 0.0357. The molecule has 2 amide bonds.